The lowest BCUT2D eigenvalue weighted by atomic mass is 10.2. The largest absolute Gasteiger partial charge is 0.467 e. The van der Waals surface area contributed by atoms with Crippen molar-refractivity contribution in [2.24, 2.45) is 0 Å². The summed E-state index contributed by atoms with van der Waals surface area (Å²) in [5, 5.41) is 6.61. The third-order valence-corrected chi connectivity index (χ3v) is 5.09. The first-order valence-corrected chi connectivity index (χ1v) is 8.23. The maximum absolute atomic E-state index is 6.04. The number of thiophene rings is 1. The van der Waals surface area contributed by atoms with Crippen LogP contribution in [0.15, 0.2) is 40.3 Å². The van der Waals surface area contributed by atoms with Gasteiger partial charge in [0.2, 0.25) is 0 Å². The molecule has 0 fully saturated rings. The SMILES string of the molecule is Cc1csc(CNC(c2ccco2)c2ccc(Cl)s2)n1. The molecule has 0 saturated carbocycles. The first kappa shape index (κ1) is 13.8. The van der Waals surface area contributed by atoms with Crippen molar-refractivity contribution in [1.82, 2.24) is 10.3 Å². The van der Waals surface area contributed by atoms with Gasteiger partial charge in [-0.2, -0.15) is 0 Å². The summed E-state index contributed by atoms with van der Waals surface area (Å²) in [5.74, 6) is 0.886. The summed E-state index contributed by atoms with van der Waals surface area (Å²) in [4.78, 5) is 5.60. The molecule has 0 radical (unpaired) electrons. The Morgan fingerprint density at radius 1 is 1.40 bits per heavy atom. The molecule has 0 aliphatic heterocycles. The molecule has 3 heterocycles. The number of furan rings is 1. The van der Waals surface area contributed by atoms with Crippen LogP contribution < -0.4 is 5.32 Å². The summed E-state index contributed by atoms with van der Waals surface area (Å²) in [6.45, 7) is 2.71. The Bertz CT molecular complexity index is 675. The number of rotatable bonds is 5. The number of hydrogen-bond donors (Lipinski definition) is 1. The monoisotopic (exact) mass is 324 g/mol. The Morgan fingerprint density at radius 2 is 2.30 bits per heavy atom. The summed E-state index contributed by atoms with van der Waals surface area (Å²) >= 11 is 9.26. The molecule has 20 heavy (non-hydrogen) atoms. The van der Waals surface area contributed by atoms with Crippen molar-refractivity contribution in [1.29, 1.82) is 0 Å². The Labute approximate surface area is 130 Å². The highest BCUT2D eigenvalue weighted by atomic mass is 35.5. The molecule has 104 valence electrons. The predicted octanol–water partition coefficient (Wildman–Crippen LogP) is 4.64. The van der Waals surface area contributed by atoms with Crippen molar-refractivity contribution in [3.8, 4) is 0 Å². The summed E-state index contributed by atoms with van der Waals surface area (Å²) in [7, 11) is 0. The molecule has 3 rings (SSSR count). The maximum Gasteiger partial charge on any atom is 0.126 e. The van der Waals surface area contributed by atoms with Gasteiger partial charge in [0, 0.05) is 22.5 Å². The van der Waals surface area contributed by atoms with Crippen molar-refractivity contribution in [3.05, 3.63) is 61.6 Å². The second-order valence-electron chi connectivity index (χ2n) is 4.35. The van der Waals surface area contributed by atoms with Gasteiger partial charge in [0.1, 0.15) is 16.8 Å². The van der Waals surface area contributed by atoms with Gasteiger partial charge >= 0.3 is 0 Å². The highest BCUT2D eigenvalue weighted by Gasteiger charge is 2.18. The quantitative estimate of drug-likeness (QED) is 0.743. The van der Waals surface area contributed by atoms with Gasteiger partial charge in [0.25, 0.3) is 0 Å². The Balaban J connectivity index is 1.79. The number of nitrogens with zero attached hydrogens (tertiary/aromatic N) is 1. The van der Waals surface area contributed by atoms with Crippen LogP contribution in [0.2, 0.25) is 4.34 Å². The Hall–Kier alpha value is -1.14. The van der Waals surface area contributed by atoms with E-state index in [0.717, 1.165) is 25.7 Å². The molecule has 0 bridgehead atoms. The third-order valence-electron chi connectivity index (χ3n) is 2.83. The van der Waals surface area contributed by atoms with Crippen LogP contribution in [0, 0.1) is 6.92 Å². The van der Waals surface area contributed by atoms with E-state index >= 15 is 0 Å². The molecule has 3 aromatic rings. The van der Waals surface area contributed by atoms with Crippen LogP contribution in [0.4, 0.5) is 0 Å². The highest BCUT2D eigenvalue weighted by Crippen LogP contribution is 2.31. The molecule has 1 N–H and O–H groups in total. The molecule has 1 unspecified atom stereocenters. The van der Waals surface area contributed by atoms with E-state index in [1.54, 1.807) is 28.9 Å². The molecule has 0 aromatic carbocycles. The second-order valence-corrected chi connectivity index (χ2v) is 7.04. The molecule has 0 spiro atoms. The lowest BCUT2D eigenvalue weighted by Gasteiger charge is -2.14. The van der Waals surface area contributed by atoms with Crippen LogP contribution in [-0.4, -0.2) is 4.98 Å². The van der Waals surface area contributed by atoms with Gasteiger partial charge in [-0.25, -0.2) is 4.98 Å². The maximum atomic E-state index is 6.04. The van der Waals surface area contributed by atoms with Crippen LogP contribution in [0.25, 0.3) is 0 Å². The zero-order valence-corrected chi connectivity index (χ0v) is 13.2. The zero-order valence-electron chi connectivity index (χ0n) is 10.8. The summed E-state index contributed by atoms with van der Waals surface area (Å²) < 4.78 is 6.32. The molecule has 3 aromatic heterocycles. The van der Waals surface area contributed by atoms with E-state index in [2.05, 4.69) is 15.7 Å². The van der Waals surface area contributed by atoms with Crippen LogP contribution in [0.5, 0.6) is 0 Å². The van der Waals surface area contributed by atoms with E-state index in [4.69, 9.17) is 16.0 Å². The molecule has 1 atom stereocenters. The number of nitrogens with one attached hydrogen (secondary N) is 1. The van der Waals surface area contributed by atoms with Gasteiger partial charge < -0.3 is 4.42 Å². The van der Waals surface area contributed by atoms with E-state index in [0.29, 0.717) is 6.54 Å². The van der Waals surface area contributed by atoms with E-state index in [1.807, 2.05) is 31.2 Å². The lowest BCUT2D eigenvalue weighted by Crippen LogP contribution is -2.20. The van der Waals surface area contributed by atoms with Gasteiger partial charge in [0.05, 0.1) is 10.6 Å². The van der Waals surface area contributed by atoms with Gasteiger partial charge in [-0.1, -0.05) is 11.6 Å². The predicted molar refractivity (Wildman–Crippen MR) is 83.6 cm³/mol. The van der Waals surface area contributed by atoms with E-state index in [1.165, 1.54) is 0 Å². The topological polar surface area (TPSA) is 38.1 Å². The summed E-state index contributed by atoms with van der Waals surface area (Å²) in [6.07, 6.45) is 1.69. The van der Waals surface area contributed by atoms with Crippen molar-refractivity contribution < 1.29 is 4.42 Å². The van der Waals surface area contributed by atoms with Crippen molar-refractivity contribution in [2.45, 2.75) is 19.5 Å². The normalized spacial score (nSPS) is 12.7. The minimum atomic E-state index is 0.00621. The standard InChI is InChI=1S/C14H13ClN2OS2/c1-9-8-19-13(17-9)7-16-14(10-3-2-6-18-10)11-4-5-12(15)20-11/h2-6,8,14,16H,7H2,1H3. The number of halogens is 1. The van der Waals surface area contributed by atoms with Crippen molar-refractivity contribution in [2.75, 3.05) is 0 Å². The number of aromatic nitrogens is 1. The number of hydrogen-bond acceptors (Lipinski definition) is 5. The third kappa shape index (κ3) is 3.12. The van der Waals surface area contributed by atoms with E-state index in [9.17, 15) is 0 Å². The fourth-order valence-corrected chi connectivity index (χ4v) is 3.82. The van der Waals surface area contributed by atoms with Crippen LogP contribution in [0.3, 0.4) is 0 Å². The van der Waals surface area contributed by atoms with Crippen LogP contribution >= 0.6 is 34.3 Å². The zero-order chi connectivity index (χ0) is 13.9. The number of aryl methyl sites for hydroxylation is 1. The molecule has 0 amide bonds. The van der Waals surface area contributed by atoms with Crippen molar-refractivity contribution >= 4 is 34.3 Å². The molecular formula is C14H13ClN2OS2. The molecule has 0 aliphatic carbocycles. The Morgan fingerprint density at radius 3 is 2.90 bits per heavy atom. The van der Waals surface area contributed by atoms with E-state index in [-0.39, 0.29) is 6.04 Å². The molecule has 0 aliphatic rings. The van der Waals surface area contributed by atoms with Crippen LogP contribution in [-0.2, 0) is 6.54 Å². The molecule has 0 saturated heterocycles. The Kier molecular flexibility index (Phi) is 4.21. The second kappa shape index (κ2) is 6.10. The average Bonchev–Trinajstić information content (AvgIpc) is 3.13. The minimum absolute atomic E-state index is 0.00621. The van der Waals surface area contributed by atoms with Crippen molar-refractivity contribution in [3.63, 3.8) is 0 Å². The average molecular weight is 325 g/mol. The lowest BCUT2D eigenvalue weighted by molar-refractivity contribution is 0.449. The molecule has 6 heteroatoms. The van der Waals surface area contributed by atoms with Gasteiger partial charge in [-0.15, -0.1) is 22.7 Å². The smallest absolute Gasteiger partial charge is 0.126 e. The van der Waals surface area contributed by atoms with E-state index < -0.39 is 0 Å². The van der Waals surface area contributed by atoms with Gasteiger partial charge in [0.15, 0.2) is 0 Å². The number of thiazole rings is 1. The van der Waals surface area contributed by atoms with Crippen LogP contribution in [0.1, 0.15) is 27.4 Å². The minimum Gasteiger partial charge on any atom is -0.467 e. The summed E-state index contributed by atoms with van der Waals surface area (Å²) in [5.41, 5.74) is 1.06. The summed E-state index contributed by atoms with van der Waals surface area (Å²) in [6, 6.07) is 7.81. The fraction of sp³-hybridized carbons (Fsp3) is 0.214. The van der Waals surface area contributed by atoms with Gasteiger partial charge in [-0.05, 0) is 31.2 Å². The first-order chi connectivity index (χ1) is 9.72. The fourth-order valence-electron chi connectivity index (χ4n) is 1.95. The molecular weight excluding hydrogens is 312 g/mol. The first-order valence-electron chi connectivity index (χ1n) is 6.15. The molecule has 3 nitrogen and oxygen atoms in total. The highest BCUT2D eigenvalue weighted by molar-refractivity contribution is 7.16. The van der Waals surface area contributed by atoms with Gasteiger partial charge in [-0.3, -0.25) is 5.32 Å².